The number of nitrogens with zero attached hydrogens (tertiary/aromatic N) is 1. The number of rotatable bonds is 7. The Hall–Kier alpha value is -3.64. The van der Waals surface area contributed by atoms with Crippen molar-refractivity contribution in [3.05, 3.63) is 83.4 Å². The van der Waals surface area contributed by atoms with Gasteiger partial charge in [0.05, 0.1) is 18.2 Å². The number of benzene rings is 3. The van der Waals surface area contributed by atoms with Crippen LogP contribution in [-0.2, 0) is 9.53 Å². The first kappa shape index (κ1) is 23.5. The third-order valence-corrected chi connectivity index (χ3v) is 6.15. The van der Waals surface area contributed by atoms with Crippen LogP contribution in [0.1, 0.15) is 28.8 Å². The van der Waals surface area contributed by atoms with Crippen LogP contribution in [0.4, 0.5) is 0 Å². The average Bonchev–Trinajstić information content (AvgIpc) is 2.87. The quantitative estimate of drug-likeness (QED) is 0.422. The fraction of sp³-hybridized carbons (Fsp3) is 0.286. The number of ether oxygens (including phenoxy) is 2. The molecule has 3 aromatic rings. The number of carbonyl (C=O) groups is 2. The van der Waals surface area contributed by atoms with E-state index in [1.165, 1.54) is 7.11 Å². The van der Waals surface area contributed by atoms with Crippen molar-refractivity contribution in [2.45, 2.75) is 18.9 Å². The van der Waals surface area contributed by atoms with Gasteiger partial charge in [-0.2, -0.15) is 0 Å². The van der Waals surface area contributed by atoms with Crippen LogP contribution >= 0.6 is 0 Å². The van der Waals surface area contributed by atoms with Gasteiger partial charge in [0.25, 0.3) is 5.91 Å². The predicted molar refractivity (Wildman–Crippen MR) is 134 cm³/mol. The lowest BCUT2D eigenvalue weighted by atomic mass is 10.0. The topological polar surface area (TPSA) is 67.9 Å². The maximum absolute atomic E-state index is 13.3. The molecule has 6 heteroatoms. The van der Waals surface area contributed by atoms with Gasteiger partial charge in [-0.1, -0.05) is 48.5 Å². The molecule has 0 aromatic heterocycles. The molecule has 176 valence electrons. The molecule has 0 bridgehead atoms. The molecule has 1 aliphatic heterocycles. The van der Waals surface area contributed by atoms with E-state index in [4.69, 9.17) is 9.47 Å². The zero-order chi connectivity index (χ0) is 23.9. The van der Waals surface area contributed by atoms with Crippen LogP contribution in [-0.4, -0.2) is 56.7 Å². The maximum Gasteiger partial charge on any atom is 0.337 e. The molecule has 1 heterocycles. The normalized spacial score (nSPS) is 15.2. The van der Waals surface area contributed by atoms with Crippen LogP contribution in [0.5, 0.6) is 5.75 Å². The minimum Gasteiger partial charge on any atom is -0.488 e. The number of amides is 1. The Morgan fingerprint density at radius 1 is 1.00 bits per heavy atom. The maximum atomic E-state index is 13.3. The lowest BCUT2D eigenvalue weighted by Gasteiger charge is -2.29. The van der Waals surface area contributed by atoms with Crippen molar-refractivity contribution in [2.75, 3.05) is 33.9 Å². The molecular formula is C28H30N2O4. The molecule has 0 atom stereocenters. The second-order valence-corrected chi connectivity index (χ2v) is 8.60. The zero-order valence-corrected chi connectivity index (χ0v) is 19.6. The fourth-order valence-electron chi connectivity index (χ4n) is 4.12. The third-order valence-electron chi connectivity index (χ3n) is 6.15. The molecule has 1 saturated heterocycles. The lowest BCUT2D eigenvalue weighted by molar-refractivity contribution is -0.118. The van der Waals surface area contributed by atoms with Gasteiger partial charge in [0.2, 0.25) is 0 Å². The smallest absolute Gasteiger partial charge is 0.337 e. The molecular weight excluding hydrogens is 428 g/mol. The van der Waals surface area contributed by atoms with Gasteiger partial charge in [-0.05, 0) is 68.2 Å². The number of esters is 1. The molecule has 0 aliphatic carbocycles. The van der Waals surface area contributed by atoms with E-state index in [9.17, 15) is 9.59 Å². The summed E-state index contributed by atoms with van der Waals surface area (Å²) < 4.78 is 10.9. The SMILES string of the molecule is COC(=O)c1ccc(C=C(COc2cccc3ccccc23)C(=O)NC2CCN(C)CC2)cc1. The Balaban J connectivity index is 1.55. The van der Waals surface area contributed by atoms with E-state index >= 15 is 0 Å². The van der Waals surface area contributed by atoms with Crippen LogP contribution in [0.25, 0.3) is 16.8 Å². The highest BCUT2D eigenvalue weighted by Gasteiger charge is 2.21. The summed E-state index contributed by atoms with van der Waals surface area (Å²) in [7, 11) is 3.45. The predicted octanol–water partition coefficient (Wildman–Crippen LogP) is 4.30. The molecule has 4 rings (SSSR count). The Morgan fingerprint density at radius 2 is 1.71 bits per heavy atom. The number of hydrogen-bond acceptors (Lipinski definition) is 5. The molecule has 3 aromatic carbocycles. The number of carbonyl (C=O) groups excluding carboxylic acids is 2. The standard InChI is InChI=1S/C28H30N2O4/c1-30-16-14-24(15-17-30)29-27(31)23(18-20-10-12-22(13-11-20)28(32)33-2)19-34-26-9-5-7-21-6-3-4-8-25(21)26/h3-13,18,24H,14-17,19H2,1-2H3,(H,29,31). The molecule has 0 unspecified atom stereocenters. The highest BCUT2D eigenvalue weighted by molar-refractivity contribution is 5.98. The second kappa shape index (κ2) is 11.0. The number of hydrogen-bond donors (Lipinski definition) is 1. The summed E-state index contributed by atoms with van der Waals surface area (Å²) in [5.41, 5.74) is 1.80. The van der Waals surface area contributed by atoms with Crippen molar-refractivity contribution < 1.29 is 19.1 Å². The van der Waals surface area contributed by atoms with Crippen LogP contribution < -0.4 is 10.1 Å². The van der Waals surface area contributed by atoms with Gasteiger partial charge in [-0.15, -0.1) is 0 Å². The number of fused-ring (bicyclic) bond motifs is 1. The third kappa shape index (κ3) is 5.83. The minimum atomic E-state index is -0.393. The number of methoxy groups -OCH3 is 1. The molecule has 1 amide bonds. The van der Waals surface area contributed by atoms with E-state index in [0.717, 1.165) is 48.0 Å². The van der Waals surface area contributed by atoms with Crippen LogP contribution in [0.2, 0.25) is 0 Å². The largest absolute Gasteiger partial charge is 0.488 e. The Morgan fingerprint density at radius 3 is 2.44 bits per heavy atom. The van der Waals surface area contributed by atoms with Crippen LogP contribution in [0, 0.1) is 0 Å². The van der Waals surface area contributed by atoms with E-state index in [2.05, 4.69) is 17.3 Å². The molecule has 34 heavy (non-hydrogen) atoms. The Labute approximate surface area is 200 Å². The van der Waals surface area contributed by atoms with E-state index in [0.29, 0.717) is 11.1 Å². The molecule has 1 fully saturated rings. The van der Waals surface area contributed by atoms with E-state index in [-0.39, 0.29) is 18.6 Å². The average molecular weight is 459 g/mol. The molecule has 1 aliphatic rings. The number of nitrogens with one attached hydrogen (secondary N) is 1. The summed E-state index contributed by atoms with van der Waals surface area (Å²) in [6.07, 6.45) is 3.66. The minimum absolute atomic E-state index is 0.130. The van der Waals surface area contributed by atoms with E-state index < -0.39 is 5.97 Å². The van der Waals surface area contributed by atoms with Crippen molar-refractivity contribution in [1.29, 1.82) is 0 Å². The number of likely N-dealkylation sites (tertiary alicyclic amines) is 1. The Bertz CT molecular complexity index is 1170. The summed E-state index contributed by atoms with van der Waals surface area (Å²) >= 11 is 0. The van der Waals surface area contributed by atoms with Gasteiger partial charge in [-0.25, -0.2) is 4.79 Å². The van der Waals surface area contributed by atoms with Gasteiger partial charge in [0.1, 0.15) is 12.4 Å². The first-order valence-corrected chi connectivity index (χ1v) is 11.5. The number of piperidine rings is 1. The van der Waals surface area contributed by atoms with Gasteiger partial charge in [-0.3, -0.25) is 4.79 Å². The van der Waals surface area contributed by atoms with Crippen molar-refractivity contribution >= 4 is 28.7 Å². The highest BCUT2D eigenvalue weighted by Crippen LogP contribution is 2.26. The summed E-state index contributed by atoms with van der Waals surface area (Å²) in [5, 5.41) is 5.27. The lowest BCUT2D eigenvalue weighted by Crippen LogP contribution is -2.44. The zero-order valence-electron chi connectivity index (χ0n) is 19.6. The van der Waals surface area contributed by atoms with Crippen molar-refractivity contribution in [2.24, 2.45) is 0 Å². The van der Waals surface area contributed by atoms with Crippen LogP contribution in [0.3, 0.4) is 0 Å². The van der Waals surface area contributed by atoms with Gasteiger partial charge in [0.15, 0.2) is 0 Å². The Kier molecular flexibility index (Phi) is 7.60. The molecule has 6 nitrogen and oxygen atoms in total. The first-order valence-electron chi connectivity index (χ1n) is 11.5. The second-order valence-electron chi connectivity index (χ2n) is 8.60. The molecule has 1 N–H and O–H groups in total. The molecule has 0 radical (unpaired) electrons. The summed E-state index contributed by atoms with van der Waals surface area (Å²) in [4.78, 5) is 27.3. The summed E-state index contributed by atoms with van der Waals surface area (Å²) in [6, 6.07) is 21.0. The van der Waals surface area contributed by atoms with Crippen LogP contribution in [0.15, 0.2) is 72.3 Å². The van der Waals surface area contributed by atoms with E-state index in [1.54, 1.807) is 24.3 Å². The van der Waals surface area contributed by atoms with Gasteiger partial charge in [0, 0.05) is 11.4 Å². The highest BCUT2D eigenvalue weighted by atomic mass is 16.5. The van der Waals surface area contributed by atoms with Gasteiger partial charge >= 0.3 is 5.97 Å². The fourth-order valence-corrected chi connectivity index (χ4v) is 4.12. The van der Waals surface area contributed by atoms with Gasteiger partial charge < -0.3 is 19.7 Å². The van der Waals surface area contributed by atoms with Crippen molar-refractivity contribution in [3.63, 3.8) is 0 Å². The molecule has 0 saturated carbocycles. The first-order chi connectivity index (χ1) is 16.5. The molecule has 0 spiro atoms. The monoisotopic (exact) mass is 458 g/mol. The summed E-state index contributed by atoms with van der Waals surface area (Å²) in [6.45, 7) is 2.06. The van der Waals surface area contributed by atoms with E-state index in [1.807, 2.05) is 48.5 Å². The van der Waals surface area contributed by atoms with Crippen molar-refractivity contribution in [3.8, 4) is 5.75 Å². The summed E-state index contributed by atoms with van der Waals surface area (Å²) in [5.74, 6) is 0.207. The van der Waals surface area contributed by atoms with Crippen molar-refractivity contribution in [1.82, 2.24) is 10.2 Å².